The van der Waals surface area contributed by atoms with Gasteiger partial charge in [0.05, 0.1) is 24.5 Å². The van der Waals surface area contributed by atoms with E-state index in [1.54, 1.807) is 0 Å². The molecule has 1 spiro atoms. The van der Waals surface area contributed by atoms with E-state index in [0.717, 1.165) is 24.3 Å². The molecule has 1 aromatic rings. The van der Waals surface area contributed by atoms with Gasteiger partial charge in [-0.05, 0) is 24.5 Å². The number of piperidine rings is 1. The van der Waals surface area contributed by atoms with Crippen molar-refractivity contribution in [2.45, 2.75) is 30.8 Å². The van der Waals surface area contributed by atoms with E-state index in [1.165, 1.54) is 0 Å². The maximum atomic E-state index is 12.6. The fraction of sp³-hybridized carbons (Fsp3) is 0.556. The van der Waals surface area contributed by atoms with Crippen molar-refractivity contribution in [1.82, 2.24) is 10.2 Å². The number of benzene rings is 1. The Morgan fingerprint density at radius 2 is 2.04 bits per heavy atom. The van der Waals surface area contributed by atoms with Gasteiger partial charge in [0.1, 0.15) is 0 Å². The van der Waals surface area contributed by atoms with E-state index in [-0.39, 0.29) is 30.3 Å². The number of hydrogen-bond acceptors (Lipinski definition) is 4. The number of ether oxygens (including phenoxy) is 1. The number of morpholine rings is 1. The summed E-state index contributed by atoms with van der Waals surface area (Å²) in [6.45, 7) is 3.50. The summed E-state index contributed by atoms with van der Waals surface area (Å²) in [6.07, 6.45) is 1.76. The summed E-state index contributed by atoms with van der Waals surface area (Å²) in [4.78, 5) is 27.0. The minimum Gasteiger partial charge on any atom is -0.375 e. The SMILES string of the molecule is Cl.O=C(CC1CNCCO1)N1CCC2(CC1)C(=O)Nc1ccccc12. The average molecular weight is 366 g/mol. The monoisotopic (exact) mass is 365 g/mol. The maximum absolute atomic E-state index is 12.6. The molecule has 0 aromatic heterocycles. The molecular formula is C18H24ClN3O3. The highest BCUT2D eigenvalue weighted by molar-refractivity contribution is 6.06. The van der Waals surface area contributed by atoms with Gasteiger partial charge in [0, 0.05) is 31.9 Å². The van der Waals surface area contributed by atoms with Crippen molar-refractivity contribution < 1.29 is 14.3 Å². The van der Waals surface area contributed by atoms with Crippen LogP contribution < -0.4 is 10.6 Å². The van der Waals surface area contributed by atoms with Gasteiger partial charge in [0.15, 0.2) is 0 Å². The fourth-order valence-corrected chi connectivity index (χ4v) is 4.08. The number of halogens is 1. The second-order valence-corrected chi connectivity index (χ2v) is 6.86. The molecule has 136 valence electrons. The van der Waals surface area contributed by atoms with E-state index in [2.05, 4.69) is 10.6 Å². The highest BCUT2D eigenvalue weighted by Gasteiger charge is 2.48. The van der Waals surface area contributed by atoms with Crippen molar-refractivity contribution in [2.24, 2.45) is 0 Å². The lowest BCUT2D eigenvalue weighted by Gasteiger charge is -2.38. The lowest BCUT2D eigenvalue weighted by molar-refractivity contribution is -0.138. The zero-order chi connectivity index (χ0) is 16.6. The first-order valence-corrected chi connectivity index (χ1v) is 8.70. The molecule has 4 rings (SSSR count). The molecule has 0 aliphatic carbocycles. The minimum atomic E-state index is -0.462. The Morgan fingerprint density at radius 3 is 2.76 bits per heavy atom. The van der Waals surface area contributed by atoms with Crippen LogP contribution in [-0.4, -0.2) is 55.6 Å². The standard InChI is InChI=1S/C18H23N3O3.ClH/c22-16(11-13-12-19-7-10-24-13)21-8-5-18(6-9-21)14-3-1-2-4-15(14)20-17(18)23;/h1-4,13,19H,5-12H2,(H,20,23);1H. The van der Waals surface area contributed by atoms with Crippen LogP contribution in [-0.2, 0) is 19.7 Å². The third-order valence-electron chi connectivity index (χ3n) is 5.50. The van der Waals surface area contributed by atoms with Crippen LogP contribution in [0, 0.1) is 0 Å². The van der Waals surface area contributed by atoms with Crippen molar-refractivity contribution in [3.63, 3.8) is 0 Å². The lowest BCUT2D eigenvalue weighted by atomic mass is 9.73. The van der Waals surface area contributed by atoms with E-state index in [0.29, 0.717) is 39.0 Å². The molecule has 3 heterocycles. The quantitative estimate of drug-likeness (QED) is 0.828. The van der Waals surface area contributed by atoms with Crippen molar-refractivity contribution in [2.75, 3.05) is 38.1 Å². The van der Waals surface area contributed by atoms with Gasteiger partial charge in [-0.3, -0.25) is 9.59 Å². The Balaban J connectivity index is 0.00000182. The molecule has 1 unspecified atom stereocenters. The van der Waals surface area contributed by atoms with Crippen LogP contribution in [0.4, 0.5) is 5.69 Å². The first-order chi connectivity index (χ1) is 11.7. The van der Waals surface area contributed by atoms with Crippen LogP contribution in [0.15, 0.2) is 24.3 Å². The molecule has 0 saturated carbocycles. The molecule has 7 heteroatoms. The Bertz CT molecular complexity index is 653. The number of rotatable bonds is 2. The number of anilines is 1. The zero-order valence-corrected chi connectivity index (χ0v) is 14.9. The van der Waals surface area contributed by atoms with Gasteiger partial charge in [-0.2, -0.15) is 0 Å². The molecule has 0 bridgehead atoms. The van der Waals surface area contributed by atoms with E-state index in [4.69, 9.17) is 4.74 Å². The predicted molar refractivity (Wildman–Crippen MR) is 97.0 cm³/mol. The number of nitrogens with zero attached hydrogens (tertiary/aromatic N) is 1. The number of fused-ring (bicyclic) bond motifs is 2. The van der Waals surface area contributed by atoms with Crippen molar-refractivity contribution in [3.05, 3.63) is 29.8 Å². The van der Waals surface area contributed by atoms with E-state index >= 15 is 0 Å². The molecule has 1 atom stereocenters. The Labute approximate surface area is 153 Å². The van der Waals surface area contributed by atoms with Crippen LogP contribution in [0.5, 0.6) is 0 Å². The summed E-state index contributed by atoms with van der Waals surface area (Å²) < 4.78 is 5.62. The van der Waals surface area contributed by atoms with E-state index < -0.39 is 5.41 Å². The maximum Gasteiger partial charge on any atom is 0.235 e. The molecule has 25 heavy (non-hydrogen) atoms. The topological polar surface area (TPSA) is 70.7 Å². The molecule has 2 fully saturated rings. The molecule has 3 aliphatic heterocycles. The smallest absolute Gasteiger partial charge is 0.235 e. The number of para-hydroxylation sites is 1. The largest absolute Gasteiger partial charge is 0.375 e. The summed E-state index contributed by atoms with van der Waals surface area (Å²) >= 11 is 0. The summed E-state index contributed by atoms with van der Waals surface area (Å²) in [5.41, 5.74) is 1.54. The Morgan fingerprint density at radius 1 is 1.28 bits per heavy atom. The normalized spacial score (nSPS) is 24.4. The molecule has 2 saturated heterocycles. The van der Waals surface area contributed by atoms with Crippen molar-refractivity contribution >= 4 is 29.9 Å². The second kappa shape index (κ2) is 7.32. The number of hydrogen-bond donors (Lipinski definition) is 2. The van der Waals surface area contributed by atoms with E-state index in [9.17, 15) is 9.59 Å². The number of nitrogens with one attached hydrogen (secondary N) is 2. The fourth-order valence-electron chi connectivity index (χ4n) is 4.08. The van der Waals surface area contributed by atoms with Crippen molar-refractivity contribution in [1.29, 1.82) is 0 Å². The molecule has 6 nitrogen and oxygen atoms in total. The summed E-state index contributed by atoms with van der Waals surface area (Å²) in [6, 6.07) is 7.90. The number of carbonyl (C=O) groups is 2. The van der Waals surface area contributed by atoms with Crippen LogP contribution >= 0.6 is 12.4 Å². The average Bonchev–Trinajstić information content (AvgIpc) is 2.88. The number of likely N-dealkylation sites (tertiary alicyclic amines) is 1. The lowest BCUT2D eigenvalue weighted by Crippen LogP contribution is -2.49. The second-order valence-electron chi connectivity index (χ2n) is 6.86. The van der Waals surface area contributed by atoms with Crippen molar-refractivity contribution in [3.8, 4) is 0 Å². The predicted octanol–water partition coefficient (Wildman–Crippen LogP) is 1.30. The summed E-state index contributed by atoms with van der Waals surface area (Å²) in [5.74, 6) is 0.209. The third-order valence-corrected chi connectivity index (χ3v) is 5.50. The van der Waals surface area contributed by atoms with Gasteiger partial charge in [-0.1, -0.05) is 18.2 Å². The molecule has 2 N–H and O–H groups in total. The van der Waals surface area contributed by atoms with Gasteiger partial charge < -0.3 is 20.3 Å². The van der Waals surface area contributed by atoms with Gasteiger partial charge in [-0.25, -0.2) is 0 Å². The van der Waals surface area contributed by atoms with E-state index in [1.807, 2.05) is 29.2 Å². The van der Waals surface area contributed by atoms with Crippen LogP contribution in [0.2, 0.25) is 0 Å². The molecule has 3 aliphatic rings. The van der Waals surface area contributed by atoms with Gasteiger partial charge >= 0.3 is 0 Å². The molecule has 0 radical (unpaired) electrons. The Hall–Kier alpha value is -1.63. The van der Waals surface area contributed by atoms with Crippen LogP contribution in [0.3, 0.4) is 0 Å². The zero-order valence-electron chi connectivity index (χ0n) is 14.1. The highest BCUT2D eigenvalue weighted by atomic mass is 35.5. The molecule has 1 aromatic carbocycles. The summed E-state index contributed by atoms with van der Waals surface area (Å²) in [5, 5.41) is 6.25. The highest BCUT2D eigenvalue weighted by Crippen LogP contribution is 2.44. The van der Waals surface area contributed by atoms with Crippen LogP contribution in [0.25, 0.3) is 0 Å². The van der Waals surface area contributed by atoms with Gasteiger partial charge in [0.2, 0.25) is 11.8 Å². The Kier molecular flexibility index (Phi) is 5.32. The van der Waals surface area contributed by atoms with Crippen LogP contribution in [0.1, 0.15) is 24.8 Å². The molecule has 2 amide bonds. The third kappa shape index (κ3) is 3.26. The van der Waals surface area contributed by atoms with Gasteiger partial charge in [-0.15, -0.1) is 12.4 Å². The molecular weight excluding hydrogens is 342 g/mol. The first kappa shape index (κ1) is 18.2. The first-order valence-electron chi connectivity index (χ1n) is 8.70. The minimum absolute atomic E-state index is 0. The number of carbonyl (C=O) groups excluding carboxylic acids is 2. The van der Waals surface area contributed by atoms with Gasteiger partial charge in [0.25, 0.3) is 0 Å². The number of amides is 2. The summed E-state index contributed by atoms with van der Waals surface area (Å²) in [7, 11) is 0.